The number of hydrogen-bond acceptors (Lipinski definition) is 3. The van der Waals surface area contributed by atoms with Gasteiger partial charge in [0, 0.05) is 17.9 Å². The van der Waals surface area contributed by atoms with Crippen LogP contribution in [0.1, 0.15) is 51.2 Å². The second-order valence-corrected chi connectivity index (χ2v) is 7.25. The van der Waals surface area contributed by atoms with E-state index in [0.29, 0.717) is 23.8 Å². The topological polar surface area (TPSA) is 27.7 Å². The van der Waals surface area contributed by atoms with Gasteiger partial charge in [0.05, 0.1) is 26.4 Å². The summed E-state index contributed by atoms with van der Waals surface area (Å²) in [5.74, 6) is 1.91. The highest BCUT2D eigenvalue weighted by atomic mass is 19.1. The molecule has 3 rings (SSSR count). The van der Waals surface area contributed by atoms with Crippen molar-refractivity contribution in [2.75, 3.05) is 14.2 Å². The molecular weight excluding hydrogens is 295 g/mol. The fraction of sp³-hybridized carbons (Fsp3) is 0.684. The SMILES string of the molecule is COc1cccc([C@H]2CC(C)(F)[C@@H]3CC[C@@H](C)C[C@H]3O2)c1OC. The number of benzene rings is 1. The van der Waals surface area contributed by atoms with E-state index in [1.165, 1.54) is 0 Å². The smallest absolute Gasteiger partial charge is 0.166 e. The maximum absolute atomic E-state index is 15.3. The van der Waals surface area contributed by atoms with E-state index in [1.54, 1.807) is 21.1 Å². The highest BCUT2D eigenvalue weighted by Crippen LogP contribution is 2.51. The predicted molar refractivity (Wildman–Crippen MR) is 87.8 cm³/mol. The van der Waals surface area contributed by atoms with E-state index in [9.17, 15) is 0 Å². The molecule has 5 atom stereocenters. The van der Waals surface area contributed by atoms with Crippen LogP contribution in [0.25, 0.3) is 0 Å². The minimum Gasteiger partial charge on any atom is -0.493 e. The van der Waals surface area contributed by atoms with Crippen LogP contribution in [0.15, 0.2) is 18.2 Å². The molecule has 1 unspecified atom stereocenters. The van der Waals surface area contributed by atoms with Crippen molar-refractivity contribution in [1.82, 2.24) is 0 Å². The number of ether oxygens (including phenoxy) is 3. The summed E-state index contributed by atoms with van der Waals surface area (Å²) in [5, 5.41) is 0. The van der Waals surface area contributed by atoms with Crippen molar-refractivity contribution in [2.45, 2.75) is 57.4 Å². The van der Waals surface area contributed by atoms with Gasteiger partial charge in [0.1, 0.15) is 5.67 Å². The van der Waals surface area contributed by atoms with Crippen molar-refractivity contribution in [3.63, 3.8) is 0 Å². The van der Waals surface area contributed by atoms with E-state index in [1.807, 2.05) is 18.2 Å². The number of alkyl halides is 1. The van der Waals surface area contributed by atoms with Crippen molar-refractivity contribution < 1.29 is 18.6 Å². The third-order valence-electron chi connectivity index (χ3n) is 5.53. The number of fused-ring (bicyclic) bond motifs is 1. The largest absolute Gasteiger partial charge is 0.493 e. The zero-order valence-corrected chi connectivity index (χ0v) is 14.5. The lowest BCUT2D eigenvalue weighted by atomic mass is 9.69. The van der Waals surface area contributed by atoms with E-state index >= 15 is 4.39 Å². The molecule has 0 radical (unpaired) electrons. The van der Waals surface area contributed by atoms with Gasteiger partial charge in [-0.3, -0.25) is 0 Å². The van der Waals surface area contributed by atoms with Crippen LogP contribution in [-0.4, -0.2) is 26.0 Å². The Morgan fingerprint density at radius 3 is 2.70 bits per heavy atom. The second kappa shape index (κ2) is 6.31. The summed E-state index contributed by atoms with van der Waals surface area (Å²) in [6.45, 7) is 3.97. The van der Waals surface area contributed by atoms with Gasteiger partial charge in [-0.15, -0.1) is 0 Å². The molecule has 1 aromatic rings. The molecule has 0 spiro atoms. The lowest BCUT2D eigenvalue weighted by Gasteiger charge is -2.48. The Morgan fingerprint density at radius 1 is 1.22 bits per heavy atom. The summed E-state index contributed by atoms with van der Waals surface area (Å²) >= 11 is 0. The first-order chi connectivity index (χ1) is 11.0. The van der Waals surface area contributed by atoms with Crippen LogP contribution in [0.2, 0.25) is 0 Å². The van der Waals surface area contributed by atoms with E-state index in [-0.39, 0.29) is 18.1 Å². The van der Waals surface area contributed by atoms with Crippen molar-refractivity contribution in [2.24, 2.45) is 11.8 Å². The molecule has 0 N–H and O–H groups in total. The Balaban J connectivity index is 1.92. The quantitative estimate of drug-likeness (QED) is 0.807. The van der Waals surface area contributed by atoms with Crippen LogP contribution in [0, 0.1) is 11.8 Å². The van der Waals surface area contributed by atoms with E-state index < -0.39 is 5.67 Å². The van der Waals surface area contributed by atoms with Crippen molar-refractivity contribution in [3.8, 4) is 11.5 Å². The lowest BCUT2D eigenvalue weighted by molar-refractivity contribution is -0.172. The van der Waals surface area contributed by atoms with Crippen LogP contribution >= 0.6 is 0 Å². The summed E-state index contributed by atoms with van der Waals surface area (Å²) in [6, 6.07) is 5.71. The normalized spacial score (nSPS) is 37.1. The van der Waals surface area contributed by atoms with Gasteiger partial charge in [-0.2, -0.15) is 0 Å². The molecule has 0 amide bonds. The summed E-state index contributed by atoms with van der Waals surface area (Å²) < 4.78 is 32.6. The fourth-order valence-electron chi connectivity index (χ4n) is 4.29. The molecule has 1 aromatic carbocycles. The average molecular weight is 322 g/mol. The minimum atomic E-state index is -1.21. The van der Waals surface area contributed by atoms with Crippen LogP contribution in [0.4, 0.5) is 4.39 Å². The molecule has 1 saturated carbocycles. The molecule has 1 saturated heterocycles. The van der Waals surface area contributed by atoms with Crippen LogP contribution < -0.4 is 9.47 Å². The average Bonchev–Trinajstić information content (AvgIpc) is 2.52. The van der Waals surface area contributed by atoms with Gasteiger partial charge in [0.2, 0.25) is 0 Å². The van der Waals surface area contributed by atoms with Gasteiger partial charge in [-0.1, -0.05) is 25.5 Å². The molecule has 23 heavy (non-hydrogen) atoms. The Kier molecular flexibility index (Phi) is 4.54. The number of para-hydroxylation sites is 1. The third-order valence-corrected chi connectivity index (χ3v) is 5.53. The Bertz CT molecular complexity index is 558. The molecule has 0 bridgehead atoms. The Morgan fingerprint density at radius 2 is 2.00 bits per heavy atom. The molecule has 2 aliphatic rings. The molecule has 4 heteroatoms. The molecule has 1 heterocycles. The minimum absolute atomic E-state index is 0.00607. The summed E-state index contributed by atoms with van der Waals surface area (Å²) in [6.07, 6.45) is 3.02. The third kappa shape index (κ3) is 3.06. The van der Waals surface area contributed by atoms with Crippen LogP contribution in [0.5, 0.6) is 11.5 Å². The maximum atomic E-state index is 15.3. The highest BCUT2D eigenvalue weighted by molar-refractivity contribution is 5.48. The molecule has 1 aliphatic heterocycles. The van der Waals surface area contributed by atoms with Crippen LogP contribution in [-0.2, 0) is 4.74 Å². The summed E-state index contributed by atoms with van der Waals surface area (Å²) in [7, 11) is 3.23. The van der Waals surface area contributed by atoms with Crippen molar-refractivity contribution in [3.05, 3.63) is 23.8 Å². The number of methoxy groups -OCH3 is 2. The zero-order valence-electron chi connectivity index (χ0n) is 14.5. The fourth-order valence-corrected chi connectivity index (χ4v) is 4.29. The number of hydrogen-bond donors (Lipinski definition) is 0. The first kappa shape index (κ1) is 16.6. The van der Waals surface area contributed by atoms with Crippen LogP contribution in [0.3, 0.4) is 0 Å². The summed E-state index contributed by atoms with van der Waals surface area (Å²) in [5.41, 5.74) is -0.325. The lowest BCUT2D eigenvalue weighted by Crippen LogP contribution is -2.49. The molecule has 1 aliphatic carbocycles. The predicted octanol–water partition coefficient (Wildman–Crippen LogP) is 4.70. The van der Waals surface area contributed by atoms with Gasteiger partial charge in [-0.05, 0) is 31.7 Å². The molecule has 2 fully saturated rings. The molecular formula is C19H27FO3. The number of rotatable bonds is 3. The van der Waals surface area contributed by atoms with E-state index in [4.69, 9.17) is 14.2 Å². The molecule has 128 valence electrons. The van der Waals surface area contributed by atoms with Crippen molar-refractivity contribution in [1.29, 1.82) is 0 Å². The van der Waals surface area contributed by atoms with Gasteiger partial charge < -0.3 is 14.2 Å². The van der Waals surface area contributed by atoms with Crippen molar-refractivity contribution >= 4 is 0 Å². The first-order valence-corrected chi connectivity index (χ1v) is 8.51. The van der Waals surface area contributed by atoms with Gasteiger partial charge in [0.15, 0.2) is 11.5 Å². The highest BCUT2D eigenvalue weighted by Gasteiger charge is 2.49. The Labute approximate surface area is 138 Å². The standard InChI is InChI=1S/C19H27FO3/c1-12-8-9-14-16(10-12)23-17(11-19(14,2)20)13-6-5-7-15(21-3)18(13)22-4/h5-7,12,14,16-17H,8-11H2,1-4H3/t12-,14-,16-,17-,19?/m1/s1. The maximum Gasteiger partial charge on any atom is 0.166 e. The van der Waals surface area contributed by atoms with E-state index in [0.717, 1.165) is 24.8 Å². The van der Waals surface area contributed by atoms with Gasteiger partial charge in [-0.25, -0.2) is 4.39 Å². The first-order valence-electron chi connectivity index (χ1n) is 8.51. The zero-order chi connectivity index (χ0) is 16.6. The second-order valence-electron chi connectivity index (χ2n) is 7.25. The van der Waals surface area contributed by atoms with Gasteiger partial charge >= 0.3 is 0 Å². The van der Waals surface area contributed by atoms with E-state index in [2.05, 4.69) is 6.92 Å². The Hall–Kier alpha value is -1.29. The van der Waals surface area contributed by atoms with Gasteiger partial charge in [0.25, 0.3) is 0 Å². The monoisotopic (exact) mass is 322 g/mol. The molecule has 0 aromatic heterocycles. The number of halogens is 1. The summed E-state index contributed by atoms with van der Waals surface area (Å²) in [4.78, 5) is 0. The molecule has 3 nitrogen and oxygen atoms in total.